The Kier molecular flexibility index (Phi) is 3.08. The molecule has 0 radical (unpaired) electrons. The Morgan fingerprint density at radius 2 is 1.86 bits per heavy atom. The number of fused-ring (bicyclic) bond motifs is 1. The average Bonchev–Trinajstić information content (AvgIpc) is 2.79. The van der Waals surface area contributed by atoms with Crippen molar-refractivity contribution in [3.8, 4) is 17.1 Å². The number of nitrogens with zero attached hydrogens (tertiary/aromatic N) is 5. The molecule has 0 fully saturated rings. The molecule has 6 heteroatoms. The van der Waals surface area contributed by atoms with Crippen LogP contribution in [0.4, 0.5) is 0 Å². The summed E-state index contributed by atoms with van der Waals surface area (Å²) >= 11 is 0. The summed E-state index contributed by atoms with van der Waals surface area (Å²) in [5.74, 6) is 1.43. The van der Waals surface area contributed by atoms with Crippen LogP contribution < -0.4 is 4.74 Å². The van der Waals surface area contributed by atoms with Crippen molar-refractivity contribution in [1.82, 2.24) is 24.6 Å². The largest absolute Gasteiger partial charge is 0.472 e. The molecule has 21 heavy (non-hydrogen) atoms. The van der Waals surface area contributed by atoms with Crippen LogP contribution >= 0.6 is 0 Å². The first kappa shape index (κ1) is 13.5. The molecule has 3 aromatic heterocycles. The van der Waals surface area contributed by atoms with Crippen LogP contribution in [0, 0.1) is 6.92 Å². The van der Waals surface area contributed by atoms with Crippen molar-refractivity contribution >= 4 is 5.65 Å². The number of hydrogen-bond acceptors (Lipinski definition) is 5. The molecule has 0 unspecified atom stereocenters. The smallest absolute Gasteiger partial charge is 0.213 e. The molecule has 0 spiro atoms. The normalized spacial score (nSPS) is 11.8. The zero-order chi connectivity index (χ0) is 15.0. The molecule has 0 saturated heterocycles. The molecule has 3 rings (SSSR count). The van der Waals surface area contributed by atoms with E-state index in [0.717, 1.165) is 22.7 Å². The lowest BCUT2D eigenvalue weighted by Gasteiger charge is -2.20. The van der Waals surface area contributed by atoms with Gasteiger partial charge in [-0.2, -0.15) is 0 Å². The van der Waals surface area contributed by atoms with Gasteiger partial charge in [-0.3, -0.25) is 9.38 Å². The summed E-state index contributed by atoms with van der Waals surface area (Å²) in [4.78, 5) is 8.72. The number of ether oxygens (including phenoxy) is 1. The van der Waals surface area contributed by atoms with E-state index in [4.69, 9.17) is 4.74 Å². The highest BCUT2D eigenvalue weighted by atomic mass is 16.5. The van der Waals surface area contributed by atoms with Crippen LogP contribution in [0.5, 0.6) is 5.88 Å². The van der Waals surface area contributed by atoms with E-state index in [1.54, 1.807) is 12.4 Å². The van der Waals surface area contributed by atoms with E-state index >= 15 is 0 Å². The number of aromatic nitrogens is 5. The molecule has 0 aliphatic heterocycles. The van der Waals surface area contributed by atoms with Gasteiger partial charge in [-0.15, -0.1) is 10.2 Å². The highest BCUT2D eigenvalue weighted by molar-refractivity contribution is 5.58. The molecular weight excluding hydrogens is 266 g/mol. The van der Waals surface area contributed by atoms with Gasteiger partial charge in [0.25, 0.3) is 0 Å². The van der Waals surface area contributed by atoms with E-state index in [0.29, 0.717) is 5.88 Å². The van der Waals surface area contributed by atoms with E-state index in [9.17, 15) is 0 Å². The molecule has 0 aliphatic rings. The number of pyridine rings is 1. The average molecular weight is 283 g/mol. The van der Waals surface area contributed by atoms with Crippen molar-refractivity contribution in [2.24, 2.45) is 0 Å². The molecule has 0 aliphatic carbocycles. The van der Waals surface area contributed by atoms with Gasteiger partial charge < -0.3 is 4.74 Å². The molecule has 0 N–H and O–H groups in total. The van der Waals surface area contributed by atoms with Gasteiger partial charge in [0.1, 0.15) is 11.4 Å². The molecule has 0 atom stereocenters. The first-order valence-electron chi connectivity index (χ1n) is 6.75. The van der Waals surface area contributed by atoms with Crippen LogP contribution in [-0.2, 0) is 0 Å². The molecule has 6 nitrogen and oxygen atoms in total. The van der Waals surface area contributed by atoms with Gasteiger partial charge in [0.2, 0.25) is 5.88 Å². The van der Waals surface area contributed by atoms with Crippen molar-refractivity contribution in [1.29, 1.82) is 0 Å². The van der Waals surface area contributed by atoms with Crippen LogP contribution in [0.25, 0.3) is 16.9 Å². The molecule has 3 aromatic rings. The predicted molar refractivity (Wildman–Crippen MR) is 79.1 cm³/mol. The summed E-state index contributed by atoms with van der Waals surface area (Å²) < 4.78 is 7.62. The first-order chi connectivity index (χ1) is 9.92. The van der Waals surface area contributed by atoms with Gasteiger partial charge in [-0.25, -0.2) is 4.98 Å². The van der Waals surface area contributed by atoms with Crippen molar-refractivity contribution in [2.45, 2.75) is 33.3 Å². The Morgan fingerprint density at radius 3 is 2.52 bits per heavy atom. The van der Waals surface area contributed by atoms with Crippen LogP contribution in [0.15, 0.2) is 30.7 Å². The third-order valence-electron chi connectivity index (χ3n) is 2.91. The summed E-state index contributed by atoms with van der Waals surface area (Å²) in [6.07, 6.45) is 5.37. The van der Waals surface area contributed by atoms with Gasteiger partial charge >= 0.3 is 0 Å². The van der Waals surface area contributed by atoms with Crippen molar-refractivity contribution in [3.05, 3.63) is 36.5 Å². The van der Waals surface area contributed by atoms with Crippen LogP contribution in [0.1, 0.15) is 26.6 Å². The van der Waals surface area contributed by atoms with Gasteiger partial charge in [-0.05, 0) is 33.8 Å². The topological polar surface area (TPSA) is 65.2 Å². The minimum Gasteiger partial charge on any atom is -0.472 e. The summed E-state index contributed by atoms with van der Waals surface area (Å²) in [5.41, 5.74) is 2.22. The Bertz CT molecular complexity index is 771. The van der Waals surface area contributed by atoms with Gasteiger partial charge in [0, 0.05) is 24.0 Å². The highest BCUT2D eigenvalue weighted by Gasteiger charge is 2.13. The zero-order valence-electron chi connectivity index (χ0n) is 12.5. The zero-order valence-corrected chi connectivity index (χ0v) is 12.5. The maximum Gasteiger partial charge on any atom is 0.213 e. The van der Waals surface area contributed by atoms with Gasteiger partial charge in [-0.1, -0.05) is 0 Å². The minimum absolute atomic E-state index is 0.259. The third kappa shape index (κ3) is 2.84. The van der Waals surface area contributed by atoms with E-state index < -0.39 is 0 Å². The molecule has 0 saturated carbocycles. The summed E-state index contributed by atoms with van der Waals surface area (Å²) in [6, 6.07) is 3.80. The fourth-order valence-corrected chi connectivity index (χ4v) is 1.97. The van der Waals surface area contributed by atoms with Crippen LogP contribution in [0.3, 0.4) is 0 Å². The highest BCUT2D eigenvalue weighted by Crippen LogP contribution is 2.21. The second-order valence-corrected chi connectivity index (χ2v) is 5.85. The second kappa shape index (κ2) is 4.80. The Morgan fingerprint density at radius 1 is 1.05 bits per heavy atom. The lowest BCUT2D eigenvalue weighted by molar-refractivity contribution is 0.124. The van der Waals surface area contributed by atoms with E-state index in [1.807, 2.05) is 50.4 Å². The maximum atomic E-state index is 5.71. The standard InChI is InChI=1S/C15H17N5O/c1-10-18-19-13-8-16-12(9-20(10)13)11-5-6-14(17-7-11)21-15(2,3)4/h5-9H,1-4H3. The van der Waals surface area contributed by atoms with Crippen LogP contribution in [-0.4, -0.2) is 30.2 Å². The SMILES string of the molecule is Cc1nnc2cnc(-c3ccc(OC(C)(C)C)nc3)cn12. The predicted octanol–water partition coefficient (Wildman–Crippen LogP) is 2.67. The fourth-order valence-electron chi connectivity index (χ4n) is 1.97. The monoisotopic (exact) mass is 283 g/mol. The Balaban J connectivity index is 1.93. The molecule has 108 valence electrons. The van der Waals surface area contributed by atoms with E-state index in [2.05, 4.69) is 20.2 Å². The minimum atomic E-state index is -0.259. The first-order valence-corrected chi connectivity index (χ1v) is 6.75. The Hall–Kier alpha value is -2.50. The lowest BCUT2D eigenvalue weighted by Crippen LogP contribution is -2.23. The Labute approximate surface area is 122 Å². The molecule has 0 bridgehead atoms. The van der Waals surface area contributed by atoms with Crippen molar-refractivity contribution < 1.29 is 4.74 Å². The van der Waals surface area contributed by atoms with Crippen molar-refractivity contribution in [3.63, 3.8) is 0 Å². The maximum absolute atomic E-state index is 5.71. The molecule has 3 heterocycles. The summed E-state index contributed by atoms with van der Waals surface area (Å²) in [5, 5.41) is 8.04. The van der Waals surface area contributed by atoms with Crippen LogP contribution in [0.2, 0.25) is 0 Å². The number of rotatable bonds is 2. The lowest BCUT2D eigenvalue weighted by atomic mass is 10.2. The molecule has 0 aromatic carbocycles. The van der Waals surface area contributed by atoms with Gasteiger partial charge in [0.15, 0.2) is 5.65 Å². The quantitative estimate of drug-likeness (QED) is 0.723. The molecule has 0 amide bonds. The number of aryl methyl sites for hydroxylation is 1. The number of hydrogen-bond donors (Lipinski definition) is 0. The van der Waals surface area contributed by atoms with E-state index in [1.165, 1.54) is 0 Å². The van der Waals surface area contributed by atoms with Crippen molar-refractivity contribution in [2.75, 3.05) is 0 Å². The fraction of sp³-hybridized carbons (Fsp3) is 0.333. The molecular formula is C15H17N5O. The van der Waals surface area contributed by atoms with E-state index in [-0.39, 0.29) is 5.60 Å². The van der Waals surface area contributed by atoms with Gasteiger partial charge in [0.05, 0.1) is 11.9 Å². The summed E-state index contributed by atoms with van der Waals surface area (Å²) in [7, 11) is 0. The second-order valence-electron chi connectivity index (χ2n) is 5.85. The third-order valence-corrected chi connectivity index (χ3v) is 2.91. The summed E-state index contributed by atoms with van der Waals surface area (Å²) in [6.45, 7) is 7.88.